The van der Waals surface area contributed by atoms with Crippen molar-refractivity contribution in [1.29, 1.82) is 0 Å². The first-order valence-electron chi connectivity index (χ1n) is 10.9. The van der Waals surface area contributed by atoms with E-state index in [1.165, 1.54) is 11.3 Å². The zero-order valence-corrected chi connectivity index (χ0v) is 18.0. The molecule has 0 bridgehead atoms. The Morgan fingerprint density at radius 1 is 0.906 bits per heavy atom. The van der Waals surface area contributed by atoms with E-state index in [-0.39, 0.29) is 5.91 Å². The molecule has 2 heterocycles. The molecule has 0 radical (unpaired) electrons. The number of hydrogen-bond donors (Lipinski definition) is 1. The number of nitrogens with one attached hydrogen (secondary N) is 1. The smallest absolute Gasteiger partial charge is 0.252 e. The normalized spacial score (nSPS) is 10.6. The minimum atomic E-state index is -0.111. The van der Waals surface area contributed by atoms with E-state index in [2.05, 4.69) is 68.8 Å². The molecule has 6 nitrogen and oxygen atoms in total. The number of rotatable bonds is 10. The van der Waals surface area contributed by atoms with E-state index in [4.69, 9.17) is 0 Å². The van der Waals surface area contributed by atoms with Gasteiger partial charge in [0, 0.05) is 43.9 Å². The minimum Gasteiger partial charge on any atom is -0.371 e. The van der Waals surface area contributed by atoms with Crippen molar-refractivity contribution in [3.63, 3.8) is 0 Å². The Kier molecular flexibility index (Phi) is 7.26. The monoisotopic (exact) mass is 425 g/mol. The number of carbonyl (C=O) groups excluding carboxylic acids is 1. The summed E-state index contributed by atoms with van der Waals surface area (Å²) < 4.78 is 1.66. The van der Waals surface area contributed by atoms with Crippen LogP contribution in [0, 0.1) is 0 Å². The van der Waals surface area contributed by atoms with Gasteiger partial charge in [-0.2, -0.15) is 5.10 Å². The van der Waals surface area contributed by atoms with Crippen molar-refractivity contribution in [3.8, 4) is 5.82 Å². The average molecular weight is 426 g/mol. The molecule has 0 aliphatic rings. The fourth-order valence-corrected chi connectivity index (χ4v) is 3.55. The molecule has 1 N–H and O–H groups in total. The van der Waals surface area contributed by atoms with Gasteiger partial charge < -0.3 is 10.2 Å². The second-order valence-corrected chi connectivity index (χ2v) is 7.52. The molecule has 0 saturated carbocycles. The third-order valence-electron chi connectivity index (χ3n) is 5.27. The maximum Gasteiger partial charge on any atom is 0.252 e. The number of benzene rings is 2. The Balaban J connectivity index is 1.28. The quantitative estimate of drug-likeness (QED) is 0.388. The summed E-state index contributed by atoms with van der Waals surface area (Å²) in [5.41, 5.74) is 3.07. The largest absolute Gasteiger partial charge is 0.371 e. The van der Waals surface area contributed by atoms with E-state index < -0.39 is 0 Å². The van der Waals surface area contributed by atoms with Crippen LogP contribution in [0.15, 0.2) is 97.5 Å². The lowest BCUT2D eigenvalue weighted by Crippen LogP contribution is -2.31. The summed E-state index contributed by atoms with van der Waals surface area (Å²) in [5.74, 6) is 0.573. The summed E-state index contributed by atoms with van der Waals surface area (Å²) >= 11 is 0. The first-order chi connectivity index (χ1) is 15.8. The van der Waals surface area contributed by atoms with Crippen molar-refractivity contribution in [2.45, 2.75) is 12.8 Å². The number of carbonyl (C=O) groups is 1. The van der Waals surface area contributed by atoms with Gasteiger partial charge in [0.25, 0.3) is 5.91 Å². The van der Waals surface area contributed by atoms with E-state index in [0.717, 1.165) is 25.9 Å². The molecule has 4 rings (SSSR count). The van der Waals surface area contributed by atoms with Gasteiger partial charge in [0.15, 0.2) is 5.82 Å². The molecule has 6 heteroatoms. The molecule has 2 aromatic carbocycles. The first-order valence-corrected chi connectivity index (χ1v) is 10.9. The Labute approximate surface area is 188 Å². The van der Waals surface area contributed by atoms with Crippen molar-refractivity contribution >= 4 is 11.6 Å². The number of pyridine rings is 1. The van der Waals surface area contributed by atoms with Crippen molar-refractivity contribution in [2.75, 3.05) is 24.5 Å². The molecular formula is C26H27N5O. The predicted octanol–water partition coefficient (Wildman–Crippen LogP) is 4.14. The lowest BCUT2D eigenvalue weighted by Gasteiger charge is -2.25. The van der Waals surface area contributed by atoms with Crippen LogP contribution in [0.25, 0.3) is 5.82 Å². The van der Waals surface area contributed by atoms with Crippen LogP contribution < -0.4 is 10.2 Å². The highest BCUT2D eigenvalue weighted by Gasteiger charge is 2.09. The molecular weight excluding hydrogens is 398 g/mol. The number of amides is 1. The van der Waals surface area contributed by atoms with Gasteiger partial charge in [0.05, 0.1) is 5.56 Å². The SMILES string of the molecule is O=C(NCCCN(CCc1ccccc1)c1ccccc1)c1ccc(-n2cccn2)nc1. The van der Waals surface area contributed by atoms with Crippen LogP contribution >= 0.6 is 0 Å². The molecule has 0 aliphatic carbocycles. The number of aromatic nitrogens is 3. The van der Waals surface area contributed by atoms with E-state index in [9.17, 15) is 4.79 Å². The summed E-state index contributed by atoms with van der Waals surface area (Å²) in [6, 6.07) is 26.4. The van der Waals surface area contributed by atoms with E-state index >= 15 is 0 Å². The minimum absolute atomic E-state index is 0.111. The zero-order chi connectivity index (χ0) is 22.0. The van der Waals surface area contributed by atoms with Crippen LogP contribution in [0.5, 0.6) is 0 Å². The maximum atomic E-state index is 12.5. The van der Waals surface area contributed by atoms with Gasteiger partial charge in [-0.05, 0) is 48.7 Å². The van der Waals surface area contributed by atoms with Gasteiger partial charge in [-0.3, -0.25) is 4.79 Å². The molecule has 0 fully saturated rings. The van der Waals surface area contributed by atoms with Crippen LogP contribution in [0.2, 0.25) is 0 Å². The van der Waals surface area contributed by atoms with Crippen molar-refractivity contribution in [3.05, 3.63) is 109 Å². The lowest BCUT2D eigenvalue weighted by atomic mass is 10.1. The number of anilines is 1. The van der Waals surface area contributed by atoms with E-state index in [1.54, 1.807) is 29.2 Å². The van der Waals surface area contributed by atoms with Crippen LogP contribution in [0.1, 0.15) is 22.3 Å². The first kappa shape index (κ1) is 21.3. The zero-order valence-electron chi connectivity index (χ0n) is 18.0. The summed E-state index contributed by atoms with van der Waals surface area (Å²) in [5, 5.41) is 7.15. The van der Waals surface area contributed by atoms with Crippen LogP contribution in [0.3, 0.4) is 0 Å². The van der Waals surface area contributed by atoms with Gasteiger partial charge >= 0.3 is 0 Å². The van der Waals surface area contributed by atoms with Crippen molar-refractivity contribution in [1.82, 2.24) is 20.1 Å². The van der Waals surface area contributed by atoms with Gasteiger partial charge in [-0.1, -0.05) is 48.5 Å². The lowest BCUT2D eigenvalue weighted by molar-refractivity contribution is 0.0953. The van der Waals surface area contributed by atoms with Gasteiger partial charge in [0.2, 0.25) is 0 Å². The molecule has 32 heavy (non-hydrogen) atoms. The van der Waals surface area contributed by atoms with Crippen molar-refractivity contribution < 1.29 is 4.79 Å². The van der Waals surface area contributed by atoms with E-state index in [1.807, 2.05) is 24.4 Å². The Hall–Kier alpha value is -3.93. The summed E-state index contributed by atoms with van der Waals surface area (Å²) in [7, 11) is 0. The summed E-state index contributed by atoms with van der Waals surface area (Å²) in [6.45, 7) is 2.41. The Morgan fingerprint density at radius 2 is 1.69 bits per heavy atom. The molecule has 4 aromatic rings. The molecule has 162 valence electrons. The van der Waals surface area contributed by atoms with E-state index in [0.29, 0.717) is 17.9 Å². The van der Waals surface area contributed by atoms with Gasteiger partial charge in [0.1, 0.15) is 0 Å². The Bertz CT molecular complexity index is 1080. The number of para-hydroxylation sites is 1. The highest BCUT2D eigenvalue weighted by molar-refractivity contribution is 5.93. The molecule has 0 unspecified atom stereocenters. The maximum absolute atomic E-state index is 12.5. The second kappa shape index (κ2) is 10.9. The molecule has 0 aliphatic heterocycles. The fourth-order valence-electron chi connectivity index (χ4n) is 3.55. The third-order valence-corrected chi connectivity index (χ3v) is 5.27. The summed E-state index contributed by atoms with van der Waals surface area (Å²) in [4.78, 5) is 19.2. The third kappa shape index (κ3) is 5.82. The average Bonchev–Trinajstić information content (AvgIpc) is 3.40. The molecule has 1 amide bonds. The van der Waals surface area contributed by atoms with Gasteiger partial charge in [-0.15, -0.1) is 0 Å². The van der Waals surface area contributed by atoms with Gasteiger partial charge in [-0.25, -0.2) is 9.67 Å². The topological polar surface area (TPSA) is 63.1 Å². The van der Waals surface area contributed by atoms with Crippen LogP contribution in [-0.4, -0.2) is 40.3 Å². The number of nitrogens with zero attached hydrogens (tertiary/aromatic N) is 4. The van der Waals surface area contributed by atoms with Crippen LogP contribution in [0.4, 0.5) is 5.69 Å². The second-order valence-electron chi connectivity index (χ2n) is 7.52. The van der Waals surface area contributed by atoms with Crippen LogP contribution in [-0.2, 0) is 6.42 Å². The molecule has 2 aromatic heterocycles. The molecule has 0 saturated heterocycles. The highest BCUT2D eigenvalue weighted by Crippen LogP contribution is 2.15. The number of hydrogen-bond acceptors (Lipinski definition) is 4. The predicted molar refractivity (Wildman–Crippen MR) is 127 cm³/mol. The Morgan fingerprint density at radius 3 is 2.38 bits per heavy atom. The standard InChI is InChI=1S/C26H27N5O/c32-26(23-13-14-25(28-21-23)31-19-8-17-29-31)27-16-7-18-30(24-11-5-2-6-12-24)20-15-22-9-3-1-4-10-22/h1-6,8-14,17,19,21H,7,15-16,18,20H2,(H,27,32). The summed E-state index contributed by atoms with van der Waals surface area (Å²) in [6.07, 6.45) is 6.94. The molecule has 0 atom stereocenters. The fraction of sp³-hybridized carbons (Fsp3) is 0.192. The van der Waals surface area contributed by atoms with Crippen molar-refractivity contribution in [2.24, 2.45) is 0 Å². The highest BCUT2D eigenvalue weighted by atomic mass is 16.1. The molecule has 0 spiro atoms.